The Morgan fingerprint density at radius 1 is 1.50 bits per heavy atom. The van der Waals surface area contributed by atoms with E-state index < -0.39 is 0 Å². The Labute approximate surface area is 50.9 Å². The molecule has 0 aliphatic carbocycles. The highest BCUT2D eigenvalue weighted by molar-refractivity contribution is 4.45. The minimum atomic E-state index is -0.146. The zero-order valence-electron chi connectivity index (χ0n) is 5.61. The molecule has 0 bridgehead atoms. The largest absolute Gasteiger partial charge is 0.292 e. The van der Waals surface area contributed by atoms with E-state index in [-0.39, 0.29) is 6.73 Å². The maximum Gasteiger partial charge on any atom is 0.133 e. The monoisotopic (exact) mass is 116 g/mol. The Balaban J connectivity index is 2.72. The highest BCUT2D eigenvalue weighted by Gasteiger charge is 1.90. The van der Waals surface area contributed by atoms with Gasteiger partial charge in [0.2, 0.25) is 0 Å². The number of nitrogens with one attached hydrogen (secondary N) is 1. The molecule has 0 saturated carbocycles. The molecule has 0 atom stereocenters. The van der Waals surface area contributed by atoms with Gasteiger partial charge in [-0.3, -0.25) is 5.32 Å². The quantitative estimate of drug-likeness (QED) is 0.431. The molecule has 8 heavy (non-hydrogen) atoms. The molecule has 0 aromatic carbocycles. The van der Waals surface area contributed by atoms with E-state index in [4.69, 9.17) is 0 Å². The van der Waals surface area contributed by atoms with Gasteiger partial charge < -0.3 is 0 Å². The average Bonchev–Trinajstić information content (AvgIpc) is 1.66. The van der Waals surface area contributed by atoms with Crippen molar-refractivity contribution < 1.29 is 5.11 Å². The van der Waals surface area contributed by atoms with Crippen LogP contribution in [0.4, 0.5) is 0 Å². The van der Waals surface area contributed by atoms with E-state index in [2.05, 4.69) is 19.2 Å². The predicted octanol–water partition coefficient (Wildman–Crippen LogP) is 1.01. The van der Waals surface area contributed by atoms with Crippen LogP contribution in [0, 0.1) is 5.92 Å². The van der Waals surface area contributed by atoms with Gasteiger partial charge in [-0.1, -0.05) is 13.8 Å². The summed E-state index contributed by atoms with van der Waals surface area (Å²) < 4.78 is 0. The maximum absolute atomic E-state index is 9.80. The normalized spacial score (nSPS) is 10.5. The molecule has 0 aromatic heterocycles. The second-order valence-corrected chi connectivity index (χ2v) is 2.33. The van der Waals surface area contributed by atoms with Gasteiger partial charge in [0.15, 0.2) is 0 Å². The third-order valence-electron chi connectivity index (χ3n) is 1.00. The Morgan fingerprint density at radius 3 is 2.50 bits per heavy atom. The van der Waals surface area contributed by atoms with Crippen LogP contribution in [-0.4, -0.2) is 13.3 Å². The van der Waals surface area contributed by atoms with Gasteiger partial charge in [0.1, 0.15) is 6.73 Å². The summed E-state index contributed by atoms with van der Waals surface area (Å²) in [5.41, 5.74) is 0. The summed E-state index contributed by atoms with van der Waals surface area (Å²) in [4.78, 5) is 0. The van der Waals surface area contributed by atoms with Crippen molar-refractivity contribution in [2.75, 3.05) is 13.3 Å². The summed E-state index contributed by atoms with van der Waals surface area (Å²) in [6.07, 6.45) is 1.10. The van der Waals surface area contributed by atoms with E-state index in [1.165, 1.54) is 0 Å². The SMILES string of the molecule is CC(C)CCNC[O]. The van der Waals surface area contributed by atoms with Gasteiger partial charge in [-0.05, 0) is 18.9 Å². The first-order valence-corrected chi connectivity index (χ1v) is 3.06. The third kappa shape index (κ3) is 5.92. The molecule has 1 radical (unpaired) electrons. The fourth-order valence-electron chi connectivity index (χ4n) is 0.463. The molecule has 0 aromatic rings. The predicted molar refractivity (Wildman–Crippen MR) is 33.0 cm³/mol. The van der Waals surface area contributed by atoms with Gasteiger partial charge in [0, 0.05) is 0 Å². The molecule has 0 spiro atoms. The number of hydrogen-bond acceptors (Lipinski definition) is 1. The van der Waals surface area contributed by atoms with Crippen LogP contribution in [-0.2, 0) is 5.11 Å². The van der Waals surface area contributed by atoms with Crippen LogP contribution in [0.15, 0.2) is 0 Å². The molecule has 1 N–H and O–H groups in total. The Hall–Kier alpha value is -0.0800. The van der Waals surface area contributed by atoms with Crippen LogP contribution < -0.4 is 5.32 Å². The minimum absolute atomic E-state index is 0.146. The topological polar surface area (TPSA) is 31.9 Å². The van der Waals surface area contributed by atoms with E-state index in [0.29, 0.717) is 5.92 Å². The highest BCUT2D eigenvalue weighted by Crippen LogP contribution is 1.95. The van der Waals surface area contributed by atoms with Crippen molar-refractivity contribution >= 4 is 0 Å². The second kappa shape index (κ2) is 5.06. The second-order valence-electron chi connectivity index (χ2n) is 2.33. The first kappa shape index (κ1) is 7.92. The van der Waals surface area contributed by atoms with Crippen molar-refractivity contribution in [3.63, 3.8) is 0 Å². The minimum Gasteiger partial charge on any atom is -0.292 e. The van der Waals surface area contributed by atoms with E-state index >= 15 is 0 Å². The first-order valence-electron chi connectivity index (χ1n) is 3.06. The standard InChI is InChI=1S/C6H14NO/c1-6(2)3-4-7-5-8/h6-7H,3-5H2,1-2H3. The molecule has 0 unspecified atom stereocenters. The Kier molecular flexibility index (Phi) is 5.01. The lowest BCUT2D eigenvalue weighted by atomic mass is 10.1. The molecule has 0 saturated heterocycles. The molecular weight excluding hydrogens is 102 g/mol. The molecule has 0 fully saturated rings. The van der Waals surface area contributed by atoms with Crippen molar-refractivity contribution in [1.82, 2.24) is 5.32 Å². The number of hydrogen-bond donors (Lipinski definition) is 1. The van der Waals surface area contributed by atoms with Crippen molar-refractivity contribution in [2.24, 2.45) is 5.92 Å². The third-order valence-corrected chi connectivity index (χ3v) is 1.00. The summed E-state index contributed by atoms with van der Waals surface area (Å²) in [5, 5.41) is 12.5. The van der Waals surface area contributed by atoms with Crippen molar-refractivity contribution in [2.45, 2.75) is 20.3 Å². The zero-order valence-corrected chi connectivity index (χ0v) is 5.61. The molecule has 0 rings (SSSR count). The Morgan fingerprint density at radius 2 is 2.12 bits per heavy atom. The maximum atomic E-state index is 9.80. The van der Waals surface area contributed by atoms with Crippen molar-refractivity contribution in [3.8, 4) is 0 Å². The van der Waals surface area contributed by atoms with E-state index in [1.807, 2.05) is 0 Å². The van der Waals surface area contributed by atoms with Crippen molar-refractivity contribution in [1.29, 1.82) is 0 Å². The van der Waals surface area contributed by atoms with E-state index in [9.17, 15) is 5.11 Å². The number of rotatable bonds is 4. The summed E-state index contributed by atoms with van der Waals surface area (Å²) in [5.74, 6) is 0.703. The van der Waals surface area contributed by atoms with Gasteiger partial charge in [-0.2, -0.15) is 0 Å². The van der Waals surface area contributed by atoms with Gasteiger partial charge in [-0.15, -0.1) is 0 Å². The Bertz CT molecular complexity index is 45.8. The molecule has 2 heteroatoms. The molecule has 0 amide bonds. The van der Waals surface area contributed by atoms with E-state index in [1.54, 1.807) is 0 Å². The lowest BCUT2D eigenvalue weighted by Crippen LogP contribution is -2.16. The van der Waals surface area contributed by atoms with Crippen LogP contribution in [0.1, 0.15) is 20.3 Å². The highest BCUT2D eigenvalue weighted by atomic mass is 16.3. The van der Waals surface area contributed by atoms with Gasteiger partial charge >= 0.3 is 0 Å². The van der Waals surface area contributed by atoms with Crippen LogP contribution in [0.25, 0.3) is 0 Å². The molecule has 0 aliphatic rings. The fourth-order valence-corrected chi connectivity index (χ4v) is 0.463. The summed E-state index contributed by atoms with van der Waals surface area (Å²) in [6.45, 7) is 5.01. The molecule has 0 heterocycles. The van der Waals surface area contributed by atoms with Gasteiger partial charge in [0.25, 0.3) is 0 Å². The first-order chi connectivity index (χ1) is 3.77. The molecule has 0 aliphatic heterocycles. The van der Waals surface area contributed by atoms with Crippen LogP contribution in [0.2, 0.25) is 0 Å². The van der Waals surface area contributed by atoms with Crippen LogP contribution >= 0.6 is 0 Å². The molecular formula is C6H14NO. The van der Waals surface area contributed by atoms with Crippen molar-refractivity contribution in [3.05, 3.63) is 0 Å². The van der Waals surface area contributed by atoms with Gasteiger partial charge in [0.05, 0.1) is 0 Å². The lowest BCUT2D eigenvalue weighted by molar-refractivity contribution is 0.166. The lowest BCUT2D eigenvalue weighted by Gasteiger charge is -2.01. The smallest absolute Gasteiger partial charge is 0.133 e. The summed E-state index contributed by atoms with van der Waals surface area (Å²) >= 11 is 0. The average molecular weight is 116 g/mol. The van der Waals surface area contributed by atoms with Crippen LogP contribution in [0.3, 0.4) is 0 Å². The van der Waals surface area contributed by atoms with Crippen LogP contribution in [0.5, 0.6) is 0 Å². The molecule has 49 valence electrons. The van der Waals surface area contributed by atoms with E-state index in [0.717, 1.165) is 13.0 Å². The van der Waals surface area contributed by atoms with Gasteiger partial charge in [-0.25, -0.2) is 5.11 Å². The zero-order chi connectivity index (χ0) is 6.41. The fraction of sp³-hybridized carbons (Fsp3) is 1.00. The summed E-state index contributed by atoms with van der Waals surface area (Å²) in [7, 11) is 0. The molecule has 2 nitrogen and oxygen atoms in total. The summed E-state index contributed by atoms with van der Waals surface area (Å²) in [6, 6.07) is 0.